The normalized spacial score (nSPS) is 24.3. The number of carbonyl (C=O) groups excluding carboxylic acids is 1. The highest BCUT2D eigenvalue weighted by molar-refractivity contribution is 6.04. The highest BCUT2D eigenvalue weighted by Gasteiger charge is 2.57. The Labute approximate surface area is 108 Å². The van der Waals surface area contributed by atoms with E-state index in [1.54, 1.807) is 0 Å². The van der Waals surface area contributed by atoms with Crippen LogP contribution in [0.4, 0.5) is 0 Å². The van der Waals surface area contributed by atoms with Crippen molar-refractivity contribution in [3.63, 3.8) is 0 Å². The van der Waals surface area contributed by atoms with Gasteiger partial charge in [-0.25, -0.2) is 0 Å². The minimum atomic E-state index is -1.11. The van der Waals surface area contributed by atoms with Gasteiger partial charge in [0.1, 0.15) is 5.41 Å². The molecule has 0 radical (unpaired) electrons. The molecule has 1 atom stereocenters. The summed E-state index contributed by atoms with van der Waals surface area (Å²) in [7, 11) is 0. The van der Waals surface area contributed by atoms with Crippen molar-refractivity contribution in [3.8, 4) is 0 Å². The molecule has 1 heterocycles. The third-order valence-electron chi connectivity index (χ3n) is 4.17. The quantitative estimate of drug-likeness (QED) is 0.713. The fourth-order valence-corrected chi connectivity index (χ4v) is 2.56. The van der Waals surface area contributed by atoms with Crippen LogP contribution in [0.2, 0.25) is 0 Å². The maximum Gasteiger partial charge on any atom is 0.319 e. The zero-order chi connectivity index (χ0) is 13.2. The minimum absolute atomic E-state index is 0.291. The lowest BCUT2D eigenvalue weighted by Crippen LogP contribution is -2.47. The summed E-state index contributed by atoms with van der Waals surface area (Å²) in [6.45, 7) is 4.81. The summed E-state index contributed by atoms with van der Waals surface area (Å²) in [4.78, 5) is 25.2. The van der Waals surface area contributed by atoms with E-state index in [4.69, 9.17) is 5.11 Å². The van der Waals surface area contributed by atoms with Crippen molar-refractivity contribution in [2.45, 2.75) is 45.1 Å². The number of piperidine rings is 1. The van der Waals surface area contributed by atoms with Gasteiger partial charge in [0.2, 0.25) is 5.91 Å². The zero-order valence-electron chi connectivity index (χ0n) is 10.9. The molecular formula is C13H22N2O3. The van der Waals surface area contributed by atoms with Crippen LogP contribution < -0.4 is 5.32 Å². The summed E-state index contributed by atoms with van der Waals surface area (Å²) in [5.41, 5.74) is -1.11. The molecule has 1 amide bonds. The Balaban J connectivity index is 1.77. The molecule has 1 aliphatic heterocycles. The molecule has 1 aliphatic carbocycles. The number of nitrogens with one attached hydrogen (secondary N) is 1. The molecule has 0 aromatic heterocycles. The van der Waals surface area contributed by atoms with Crippen LogP contribution in [0.5, 0.6) is 0 Å². The third kappa shape index (κ3) is 2.66. The molecule has 2 rings (SSSR count). The Bertz CT molecular complexity index is 333. The SMILES string of the molecule is CC(CNC(=O)C1(C(=O)O)CC1)N1CCCCC1. The Morgan fingerprint density at radius 1 is 1.28 bits per heavy atom. The maximum atomic E-state index is 11.8. The Hall–Kier alpha value is -1.10. The Kier molecular flexibility index (Phi) is 3.90. The lowest BCUT2D eigenvalue weighted by Gasteiger charge is -2.32. The second-order valence-corrected chi connectivity index (χ2v) is 5.54. The van der Waals surface area contributed by atoms with Crippen LogP contribution in [0.25, 0.3) is 0 Å². The van der Waals surface area contributed by atoms with Crippen LogP contribution in [0.3, 0.4) is 0 Å². The molecule has 18 heavy (non-hydrogen) atoms. The van der Waals surface area contributed by atoms with Crippen LogP contribution in [0.15, 0.2) is 0 Å². The summed E-state index contributed by atoms with van der Waals surface area (Å²) in [6.07, 6.45) is 4.69. The number of carbonyl (C=O) groups is 2. The standard InChI is InChI=1S/C13H22N2O3/c1-10(15-7-3-2-4-8-15)9-14-11(16)13(5-6-13)12(17)18/h10H,2-9H2,1H3,(H,14,16)(H,17,18). The van der Waals surface area contributed by atoms with Gasteiger partial charge in [-0.2, -0.15) is 0 Å². The number of carboxylic acids is 1. The van der Waals surface area contributed by atoms with Crippen molar-refractivity contribution >= 4 is 11.9 Å². The first-order chi connectivity index (χ1) is 8.56. The van der Waals surface area contributed by atoms with Crippen LogP contribution in [-0.4, -0.2) is 47.6 Å². The van der Waals surface area contributed by atoms with Crippen LogP contribution in [0, 0.1) is 5.41 Å². The monoisotopic (exact) mass is 254 g/mol. The number of nitrogens with zero attached hydrogens (tertiary/aromatic N) is 1. The van der Waals surface area contributed by atoms with Crippen molar-refractivity contribution in [1.82, 2.24) is 10.2 Å². The molecule has 5 nitrogen and oxygen atoms in total. The number of amides is 1. The predicted octanol–water partition coefficient (Wildman–Crippen LogP) is 0.842. The molecule has 5 heteroatoms. The predicted molar refractivity (Wildman–Crippen MR) is 67.2 cm³/mol. The van der Waals surface area contributed by atoms with Crippen molar-refractivity contribution in [2.75, 3.05) is 19.6 Å². The zero-order valence-corrected chi connectivity index (χ0v) is 10.9. The van der Waals surface area contributed by atoms with Gasteiger partial charge in [0.25, 0.3) is 0 Å². The summed E-state index contributed by atoms with van der Waals surface area (Å²) in [5, 5.41) is 11.8. The molecule has 102 valence electrons. The third-order valence-corrected chi connectivity index (χ3v) is 4.17. The molecule has 2 fully saturated rings. The molecule has 0 spiro atoms. The number of hydrogen-bond donors (Lipinski definition) is 2. The summed E-state index contributed by atoms with van der Waals surface area (Å²) in [5.74, 6) is -1.29. The number of carboxylic acid groups (broad SMARTS) is 1. The van der Waals surface area contributed by atoms with Crippen LogP contribution in [-0.2, 0) is 9.59 Å². The van der Waals surface area contributed by atoms with E-state index < -0.39 is 11.4 Å². The molecule has 1 unspecified atom stereocenters. The lowest BCUT2D eigenvalue weighted by atomic mass is 10.1. The number of likely N-dealkylation sites (tertiary alicyclic amines) is 1. The maximum absolute atomic E-state index is 11.8. The molecule has 2 aliphatic rings. The van der Waals surface area contributed by atoms with Crippen molar-refractivity contribution in [2.24, 2.45) is 5.41 Å². The van der Waals surface area contributed by atoms with Gasteiger partial charge in [0.15, 0.2) is 0 Å². The van der Waals surface area contributed by atoms with Gasteiger partial charge in [-0.15, -0.1) is 0 Å². The van der Waals surface area contributed by atoms with Crippen LogP contribution in [0.1, 0.15) is 39.0 Å². The fourth-order valence-electron chi connectivity index (χ4n) is 2.56. The van der Waals surface area contributed by atoms with E-state index in [1.165, 1.54) is 19.3 Å². The van der Waals surface area contributed by atoms with Gasteiger partial charge in [0.05, 0.1) is 0 Å². The van der Waals surface area contributed by atoms with Gasteiger partial charge in [-0.3, -0.25) is 14.5 Å². The second kappa shape index (κ2) is 5.26. The molecule has 1 saturated carbocycles. The number of rotatable bonds is 5. The minimum Gasteiger partial charge on any atom is -0.480 e. The Morgan fingerprint density at radius 3 is 2.39 bits per heavy atom. The van der Waals surface area contributed by atoms with E-state index in [1.807, 2.05) is 0 Å². The number of aliphatic carboxylic acids is 1. The first-order valence-corrected chi connectivity index (χ1v) is 6.82. The molecule has 1 saturated heterocycles. The van der Waals surface area contributed by atoms with E-state index in [-0.39, 0.29) is 5.91 Å². The van der Waals surface area contributed by atoms with Crippen molar-refractivity contribution in [3.05, 3.63) is 0 Å². The van der Waals surface area contributed by atoms with Gasteiger partial charge in [-0.05, 0) is 45.7 Å². The summed E-state index contributed by atoms with van der Waals surface area (Å²) < 4.78 is 0. The fraction of sp³-hybridized carbons (Fsp3) is 0.846. The van der Waals surface area contributed by atoms with E-state index >= 15 is 0 Å². The molecule has 2 N–H and O–H groups in total. The molecule has 0 aromatic rings. The van der Waals surface area contributed by atoms with Crippen molar-refractivity contribution < 1.29 is 14.7 Å². The first-order valence-electron chi connectivity index (χ1n) is 6.82. The summed E-state index contributed by atoms with van der Waals surface area (Å²) >= 11 is 0. The summed E-state index contributed by atoms with van der Waals surface area (Å²) in [6, 6.07) is 0.291. The highest BCUT2D eigenvalue weighted by atomic mass is 16.4. The Morgan fingerprint density at radius 2 is 1.89 bits per heavy atom. The molecule has 0 bridgehead atoms. The first kappa shape index (κ1) is 13.3. The van der Waals surface area contributed by atoms with E-state index in [9.17, 15) is 9.59 Å². The lowest BCUT2D eigenvalue weighted by molar-refractivity contribution is -0.149. The second-order valence-electron chi connectivity index (χ2n) is 5.54. The molecular weight excluding hydrogens is 232 g/mol. The van der Waals surface area contributed by atoms with E-state index in [2.05, 4.69) is 17.1 Å². The smallest absolute Gasteiger partial charge is 0.319 e. The average Bonchev–Trinajstić information content (AvgIpc) is 3.18. The van der Waals surface area contributed by atoms with Crippen LogP contribution >= 0.6 is 0 Å². The van der Waals surface area contributed by atoms with Crippen molar-refractivity contribution in [1.29, 1.82) is 0 Å². The van der Waals surface area contributed by atoms with Gasteiger partial charge >= 0.3 is 5.97 Å². The highest BCUT2D eigenvalue weighted by Crippen LogP contribution is 2.46. The average molecular weight is 254 g/mol. The van der Waals surface area contributed by atoms with Gasteiger partial charge in [-0.1, -0.05) is 6.42 Å². The van der Waals surface area contributed by atoms with Gasteiger partial charge < -0.3 is 10.4 Å². The molecule has 0 aromatic carbocycles. The van der Waals surface area contributed by atoms with E-state index in [0.29, 0.717) is 25.4 Å². The van der Waals surface area contributed by atoms with Gasteiger partial charge in [0, 0.05) is 12.6 Å². The number of hydrogen-bond acceptors (Lipinski definition) is 3. The topological polar surface area (TPSA) is 69.6 Å². The van der Waals surface area contributed by atoms with E-state index in [0.717, 1.165) is 13.1 Å². The largest absolute Gasteiger partial charge is 0.480 e.